The molecule has 16 nitrogen and oxygen atoms in total. The van der Waals surface area contributed by atoms with Gasteiger partial charge in [0.05, 0.1) is 58.0 Å². The highest BCUT2D eigenvalue weighted by molar-refractivity contribution is 6.05. The van der Waals surface area contributed by atoms with Crippen LogP contribution in [0.3, 0.4) is 0 Å². The molecule has 2 heterocycles. The van der Waals surface area contributed by atoms with Crippen molar-refractivity contribution in [2.24, 2.45) is 12.8 Å². The minimum atomic E-state index is -1.08. The predicted molar refractivity (Wildman–Crippen MR) is 158 cm³/mol. The first-order valence-corrected chi connectivity index (χ1v) is 13.9. The van der Waals surface area contributed by atoms with Crippen molar-refractivity contribution < 1.29 is 52.4 Å². The molecule has 0 spiro atoms. The number of carboxylic acids is 1. The summed E-state index contributed by atoms with van der Waals surface area (Å²) >= 11 is 0. The Morgan fingerprint density at radius 2 is 1.71 bits per heavy atom. The van der Waals surface area contributed by atoms with Gasteiger partial charge in [0.2, 0.25) is 5.91 Å². The van der Waals surface area contributed by atoms with Crippen molar-refractivity contribution in [3.63, 3.8) is 0 Å². The molecule has 3 rings (SSSR count). The number of nitrogens with zero attached hydrogens (tertiary/aromatic N) is 2. The first-order chi connectivity index (χ1) is 21.7. The van der Waals surface area contributed by atoms with Gasteiger partial charge in [0.15, 0.2) is 11.5 Å². The number of hydrogen-bond acceptors (Lipinski definition) is 11. The van der Waals surface area contributed by atoms with Crippen molar-refractivity contribution in [2.45, 2.75) is 12.5 Å². The Morgan fingerprint density at radius 1 is 0.978 bits per heavy atom. The minimum absolute atomic E-state index is 0.0843. The van der Waals surface area contributed by atoms with Crippen molar-refractivity contribution in [3.05, 3.63) is 53.9 Å². The van der Waals surface area contributed by atoms with E-state index in [1.165, 1.54) is 24.1 Å². The number of benzene rings is 1. The third-order valence-electron chi connectivity index (χ3n) is 6.07. The lowest BCUT2D eigenvalue weighted by molar-refractivity contribution is -0.142. The number of hydrogen-bond donors (Lipinski definition) is 4. The average Bonchev–Trinajstić information content (AvgIpc) is 3.67. The van der Waals surface area contributed by atoms with Crippen LogP contribution in [0.25, 0.3) is 11.5 Å². The molecule has 0 aliphatic heterocycles. The molecule has 1 aromatic carbocycles. The van der Waals surface area contributed by atoms with E-state index >= 15 is 0 Å². The second kappa shape index (κ2) is 18.1. The zero-order valence-corrected chi connectivity index (χ0v) is 25.0. The van der Waals surface area contributed by atoms with E-state index in [9.17, 15) is 19.2 Å². The number of aromatic nitrogens is 2. The second-order valence-electron chi connectivity index (χ2n) is 9.50. The number of ether oxygens (including phenoxy) is 5. The highest BCUT2D eigenvalue weighted by Crippen LogP contribution is 2.24. The topological polar surface area (TPSA) is 216 Å². The van der Waals surface area contributed by atoms with Gasteiger partial charge in [0.25, 0.3) is 11.8 Å². The van der Waals surface area contributed by atoms with E-state index in [4.69, 9.17) is 38.9 Å². The largest absolute Gasteiger partial charge is 0.496 e. The molecule has 0 aliphatic rings. The Morgan fingerprint density at radius 3 is 2.40 bits per heavy atom. The van der Waals surface area contributed by atoms with Gasteiger partial charge in [-0.1, -0.05) is 0 Å². The van der Waals surface area contributed by atoms with Crippen LogP contribution in [0.4, 0.5) is 5.69 Å². The lowest BCUT2D eigenvalue weighted by Crippen LogP contribution is -2.39. The van der Waals surface area contributed by atoms with Crippen LogP contribution in [0.15, 0.2) is 47.1 Å². The predicted octanol–water partition coefficient (Wildman–Crippen LogP) is 1.07. The maximum absolute atomic E-state index is 13.4. The summed E-state index contributed by atoms with van der Waals surface area (Å²) in [6, 6.07) is 9.19. The molecule has 0 aliphatic carbocycles. The van der Waals surface area contributed by atoms with Crippen molar-refractivity contribution in [2.75, 3.05) is 65.3 Å². The molecular weight excluding hydrogens is 594 g/mol. The maximum Gasteiger partial charge on any atom is 0.329 e. The van der Waals surface area contributed by atoms with E-state index in [1.807, 2.05) is 0 Å². The van der Waals surface area contributed by atoms with Gasteiger partial charge in [0, 0.05) is 25.4 Å². The van der Waals surface area contributed by atoms with E-state index in [2.05, 4.69) is 15.7 Å². The number of furan rings is 1. The van der Waals surface area contributed by atoms with E-state index in [-0.39, 0.29) is 63.3 Å². The number of amides is 3. The number of rotatable bonds is 21. The van der Waals surface area contributed by atoms with Crippen molar-refractivity contribution >= 4 is 29.4 Å². The molecular formula is C29H37N5O11. The Balaban J connectivity index is 1.63. The Hall–Kier alpha value is -4.77. The summed E-state index contributed by atoms with van der Waals surface area (Å²) in [5.41, 5.74) is 6.30. The molecule has 45 heavy (non-hydrogen) atoms. The van der Waals surface area contributed by atoms with Gasteiger partial charge in [0.1, 0.15) is 24.7 Å². The van der Waals surface area contributed by atoms with Crippen LogP contribution in [0.1, 0.15) is 27.3 Å². The van der Waals surface area contributed by atoms with E-state index < -0.39 is 36.3 Å². The molecule has 16 heteroatoms. The van der Waals surface area contributed by atoms with Crippen LogP contribution in [0, 0.1) is 0 Å². The van der Waals surface area contributed by atoms with E-state index in [1.54, 1.807) is 37.4 Å². The smallest absolute Gasteiger partial charge is 0.329 e. The zero-order chi connectivity index (χ0) is 32.6. The molecule has 244 valence electrons. The summed E-state index contributed by atoms with van der Waals surface area (Å²) in [6.07, 6.45) is 1.86. The number of aliphatic carboxylic acids is 1. The van der Waals surface area contributed by atoms with Gasteiger partial charge in [-0.05, 0) is 36.8 Å². The number of carbonyl (C=O) groups excluding carboxylic acids is 3. The first-order valence-electron chi connectivity index (χ1n) is 13.9. The van der Waals surface area contributed by atoms with Crippen LogP contribution >= 0.6 is 0 Å². The molecule has 0 saturated carbocycles. The summed E-state index contributed by atoms with van der Waals surface area (Å²) in [4.78, 5) is 47.7. The van der Waals surface area contributed by atoms with Crippen molar-refractivity contribution in [1.82, 2.24) is 15.1 Å². The fourth-order valence-corrected chi connectivity index (χ4v) is 3.97. The second-order valence-corrected chi connectivity index (χ2v) is 9.50. The number of carboxylic acid groups (broad SMARTS) is 1. The van der Waals surface area contributed by atoms with Gasteiger partial charge in [-0.3, -0.25) is 19.1 Å². The normalized spacial score (nSPS) is 11.6. The van der Waals surface area contributed by atoms with E-state index in [0.717, 1.165) is 0 Å². The lowest BCUT2D eigenvalue weighted by atomic mass is 10.1. The Labute approximate surface area is 258 Å². The van der Waals surface area contributed by atoms with Crippen LogP contribution < -0.4 is 21.1 Å². The molecule has 3 aromatic rings. The molecule has 0 saturated heterocycles. The molecule has 0 radical (unpaired) electrons. The number of aryl methyl sites for hydroxylation is 1. The standard InChI is InChI=1S/C29H37N5O11/c1-34-23(25-4-3-8-45-25)15-22(33-34)29(39)31-19-5-6-24(40-2)21(14-19)28(38)32-20(16-42-12-13-43-17-26(30)35)7-9-41-10-11-44-18-27(36)37/h3-6,8,14-15,20H,7,9-13,16-18H2,1-2H3,(H2,30,35)(H,31,39)(H,32,38)(H,36,37). The van der Waals surface area contributed by atoms with Crippen LogP contribution in [-0.2, 0) is 35.6 Å². The minimum Gasteiger partial charge on any atom is -0.496 e. The third kappa shape index (κ3) is 11.7. The first kappa shape index (κ1) is 34.7. The maximum atomic E-state index is 13.4. The molecule has 0 fully saturated rings. The number of nitrogens with one attached hydrogen (secondary N) is 2. The monoisotopic (exact) mass is 631 g/mol. The van der Waals surface area contributed by atoms with Gasteiger partial charge in [-0.2, -0.15) is 5.10 Å². The Bertz CT molecular complexity index is 1410. The molecule has 2 aromatic heterocycles. The summed E-state index contributed by atoms with van der Waals surface area (Å²) < 4.78 is 33.5. The Kier molecular flexibility index (Phi) is 14.0. The van der Waals surface area contributed by atoms with Crippen LogP contribution in [0.5, 0.6) is 5.75 Å². The van der Waals surface area contributed by atoms with Gasteiger partial charge in [-0.15, -0.1) is 0 Å². The third-order valence-corrected chi connectivity index (χ3v) is 6.07. The quantitative estimate of drug-likeness (QED) is 0.121. The fraction of sp³-hybridized carbons (Fsp3) is 0.414. The number of methoxy groups -OCH3 is 1. The van der Waals surface area contributed by atoms with Crippen molar-refractivity contribution in [1.29, 1.82) is 0 Å². The number of primary amides is 1. The SMILES string of the molecule is COc1ccc(NC(=O)c2cc(-c3ccco3)n(C)n2)cc1C(=O)NC(CCOCCOCC(=O)O)COCCOCC(N)=O. The lowest BCUT2D eigenvalue weighted by Gasteiger charge is -2.20. The summed E-state index contributed by atoms with van der Waals surface area (Å²) in [7, 11) is 3.11. The average molecular weight is 632 g/mol. The number of nitrogens with two attached hydrogens (primary N) is 1. The highest BCUT2D eigenvalue weighted by Gasteiger charge is 2.20. The van der Waals surface area contributed by atoms with E-state index in [0.29, 0.717) is 23.6 Å². The molecule has 1 atom stereocenters. The fourth-order valence-electron chi connectivity index (χ4n) is 3.97. The summed E-state index contributed by atoms with van der Waals surface area (Å²) in [5.74, 6) is -1.84. The van der Waals surface area contributed by atoms with Crippen LogP contribution in [-0.4, -0.2) is 105 Å². The van der Waals surface area contributed by atoms with Gasteiger partial charge >= 0.3 is 5.97 Å². The molecule has 1 unspecified atom stereocenters. The van der Waals surface area contributed by atoms with Crippen LogP contribution in [0.2, 0.25) is 0 Å². The number of carbonyl (C=O) groups is 4. The highest BCUT2D eigenvalue weighted by atomic mass is 16.5. The van der Waals surface area contributed by atoms with Gasteiger partial charge in [-0.25, -0.2) is 4.79 Å². The van der Waals surface area contributed by atoms with Crippen molar-refractivity contribution in [3.8, 4) is 17.2 Å². The number of anilines is 1. The molecule has 5 N–H and O–H groups in total. The van der Waals surface area contributed by atoms with Gasteiger partial charge < -0.3 is 49.6 Å². The molecule has 0 bridgehead atoms. The molecule has 3 amide bonds. The zero-order valence-electron chi connectivity index (χ0n) is 25.0. The summed E-state index contributed by atoms with van der Waals surface area (Å²) in [6.45, 7) is 0.142. The summed E-state index contributed by atoms with van der Waals surface area (Å²) in [5, 5.41) is 18.5.